The molecule has 9 nitrogen and oxygen atoms in total. The van der Waals surface area contributed by atoms with Crippen molar-refractivity contribution in [2.45, 2.75) is 13.0 Å². The number of amides is 1. The van der Waals surface area contributed by atoms with Gasteiger partial charge in [-0.2, -0.15) is 9.97 Å². The molecule has 0 radical (unpaired) electrons. The molecule has 2 heterocycles. The number of carbonyl (C=O) groups excluding carboxylic acids is 1. The van der Waals surface area contributed by atoms with E-state index in [9.17, 15) is 9.90 Å². The van der Waals surface area contributed by atoms with E-state index in [2.05, 4.69) is 16.5 Å². The zero-order valence-corrected chi connectivity index (χ0v) is 22.3. The highest BCUT2D eigenvalue weighted by molar-refractivity contribution is 6.35. The van der Waals surface area contributed by atoms with E-state index in [1.165, 1.54) is 12.1 Å². The van der Waals surface area contributed by atoms with Crippen LogP contribution in [0.15, 0.2) is 67.1 Å². The Hall–Kier alpha value is -4.70. The van der Waals surface area contributed by atoms with Crippen molar-refractivity contribution < 1.29 is 19.0 Å². The predicted molar refractivity (Wildman–Crippen MR) is 154 cm³/mol. The molecular formula is C29H26ClFN6O3. The van der Waals surface area contributed by atoms with Gasteiger partial charge < -0.3 is 30.8 Å². The molecule has 40 heavy (non-hydrogen) atoms. The lowest BCUT2D eigenvalue weighted by Crippen LogP contribution is -2.54. The molecule has 204 valence electrons. The van der Waals surface area contributed by atoms with Crippen LogP contribution < -0.4 is 15.4 Å². The van der Waals surface area contributed by atoms with E-state index in [-0.39, 0.29) is 45.6 Å². The molecule has 0 saturated carbocycles. The lowest BCUT2D eigenvalue weighted by Gasteiger charge is -2.40. The molecule has 4 N–H and O–H groups in total. The highest BCUT2D eigenvalue weighted by Gasteiger charge is 2.30. The summed E-state index contributed by atoms with van der Waals surface area (Å²) in [6.45, 7) is 6.66. The molecule has 1 fully saturated rings. The standard InChI is InChI=1S/C29H26ClFN6O3/c1-3-24(39)37-9-8-36(15-16(37)2)28-22-12-23(30)25(21-11-18(38)10-17-6-4-5-7-20(17)21)26(31)27(22)34-29(35-28)40-19(13-32)14-33/h3-7,10-14,16,32,38H,1,8-9,15,33H2,2H3/b19-14+,32-13?. The Balaban J connectivity index is 1.72. The van der Waals surface area contributed by atoms with Crippen LogP contribution in [-0.4, -0.2) is 57.8 Å². The van der Waals surface area contributed by atoms with Gasteiger partial charge in [0.15, 0.2) is 11.6 Å². The van der Waals surface area contributed by atoms with Crippen LogP contribution in [0.2, 0.25) is 5.02 Å². The van der Waals surface area contributed by atoms with Gasteiger partial charge in [0, 0.05) is 42.8 Å². The molecule has 1 unspecified atom stereocenters. The van der Waals surface area contributed by atoms with E-state index >= 15 is 4.39 Å². The maximum absolute atomic E-state index is 16.5. The Morgan fingerprint density at radius 2 is 2.02 bits per heavy atom. The van der Waals surface area contributed by atoms with Gasteiger partial charge in [-0.25, -0.2) is 4.39 Å². The number of allylic oxidation sites excluding steroid dienone is 1. The highest BCUT2D eigenvalue weighted by Crippen LogP contribution is 2.42. The Bertz CT molecular complexity index is 1710. The minimum Gasteiger partial charge on any atom is -0.508 e. The molecule has 0 aliphatic carbocycles. The van der Waals surface area contributed by atoms with Crippen LogP contribution in [-0.2, 0) is 4.79 Å². The summed E-state index contributed by atoms with van der Waals surface area (Å²) in [6, 6.07) is 11.5. The Kier molecular flexibility index (Phi) is 7.27. The number of aromatic hydroxyl groups is 1. The SMILES string of the molecule is C=CC(=O)N1CCN(c2nc(O/C(C=N)=C/N)nc3c(F)c(-c4cc(O)cc5ccccc45)c(Cl)cc23)CC1C. The first kappa shape index (κ1) is 26.9. The number of nitrogens with zero attached hydrogens (tertiary/aromatic N) is 4. The summed E-state index contributed by atoms with van der Waals surface area (Å²) >= 11 is 6.74. The maximum Gasteiger partial charge on any atom is 0.324 e. The fraction of sp³-hybridized carbons (Fsp3) is 0.172. The molecule has 1 aromatic heterocycles. The minimum atomic E-state index is -0.728. The number of nitrogens with two attached hydrogens (primary N) is 1. The van der Waals surface area contributed by atoms with Gasteiger partial charge in [0.25, 0.3) is 0 Å². The van der Waals surface area contributed by atoms with Gasteiger partial charge in [0.1, 0.15) is 17.1 Å². The van der Waals surface area contributed by atoms with Gasteiger partial charge in [-0.05, 0) is 47.5 Å². The smallest absolute Gasteiger partial charge is 0.324 e. The molecular weight excluding hydrogens is 535 g/mol. The average Bonchev–Trinajstić information content (AvgIpc) is 2.95. The number of piperazine rings is 1. The largest absolute Gasteiger partial charge is 0.508 e. The molecule has 4 aromatic rings. The molecule has 1 amide bonds. The summed E-state index contributed by atoms with van der Waals surface area (Å²) < 4.78 is 22.1. The summed E-state index contributed by atoms with van der Waals surface area (Å²) in [5.41, 5.74) is 5.95. The second kappa shape index (κ2) is 10.8. The van der Waals surface area contributed by atoms with Gasteiger partial charge in [0.2, 0.25) is 5.91 Å². The third-order valence-electron chi connectivity index (χ3n) is 6.86. The second-order valence-corrected chi connectivity index (χ2v) is 9.74. The number of fused-ring (bicyclic) bond motifs is 2. The van der Waals surface area contributed by atoms with Crippen LogP contribution in [0.5, 0.6) is 11.8 Å². The highest BCUT2D eigenvalue weighted by atomic mass is 35.5. The van der Waals surface area contributed by atoms with Gasteiger partial charge in [0.05, 0.1) is 11.2 Å². The van der Waals surface area contributed by atoms with Gasteiger partial charge in [-0.1, -0.05) is 42.4 Å². The molecule has 1 aliphatic heterocycles. The maximum atomic E-state index is 16.5. The lowest BCUT2D eigenvalue weighted by atomic mass is 9.96. The van der Waals surface area contributed by atoms with E-state index in [1.807, 2.05) is 36.1 Å². The van der Waals surface area contributed by atoms with Crippen molar-refractivity contribution in [1.82, 2.24) is 14.9 Å². The summed E-state index contributed by atoms with van der Waals surface area (Å²) in [7, 11) is 0. The number of phenols is 1. The zero-order chi connectivity index (χ0) is 28.6. The molecule has 1 aliphatic rings. The molecule has 11 heteroatoms. The zero-order valence-electron chi connectivity index (χ0n) is 21.6. The van der Waals surface area contributed by atoms with Crippen molar-refractivity contribution >= 4 is 51.2 Å². The first-order valence-corrected chi connectivity index (χ1v) is 12.8. The Morgan fingerprint density at radius 3 is 2.73 bits per heavy atom. The third-order valence-corrected chi connectivity index (χ3v) is 7.16. The van der Waals surface area contributed by atoms with Crippen molar-refractivity contribution in [3.8, 4) is 22.9 Å². The lowest BCUT2D eigenvalue weighted by molar-refractivity contribution is -0.128. The first-order valence-electron chi connectivity index (χ1n) is 12.5. The molecule has 1 saturated heterocycles. The molecule has 1 atom stereocenters. The number of nitrogens with one attached hydrogen (secondary N) is 1. The van der Waals surface area contributed by atoms with E-state index in [0.717, 1.165) is 12.4 Å². The van der Waals surface area contributed by atoms with Gasteiger partial charge >= 0.3 is 6.01 Å². The number of ether oxygens (including phenoxy) is 1. The normalized spacial score (nSPS) is 15.9. The van der Waals surface area contributed by atoms with Crippen molar-refractivity contribution in [1.29, 1.82) is 5.41 Å². The fourth-order valence-corrected chi connectivity index (χ4v) is 5.30. The Labute approximate surface area is 234 Å². The van der Waals surface area contributed by atoms with E-state index in [0.29, 0.717) is 47.2 Å². The summed E-state index contributed by atoms with van der Waals surface area (Å²) in [5, 5.41) is 19.8. The van der Waals surface area contributed by atoms with Crippen LogP contribution in [0.1, 0.15) is 6.92 Å². The van der Waals surface area contributed by atoms with Gasteiger partial charge in [-0.15, -0.1) is 0 Å². The predicted octanol–water partition coefficient (Wildman–Crippen LogP) is 5.00. The number of carbonyl (C=O) groups is 1. The molecule has 0 bridgehead atoms. The van der Waals surface area contributed by atoms with Crippen molar-refractivity contribution in [3.63, 3.8) is 0 Å². The number of hydrogen-bond acceptors (Lipinski definition) is 8. The van der Waals surface area contributed by atoms with E-state index < -0.39 is 5.82 Å². The fourth-order valence-electron chi connectivity index (χ4n) is 5.01. The van der Waals surface area contributed by atoms with Gasteiger partial charge in [-0.3, -0.25) is 4.79 Å². The summed E-state index contributed by atoms with van der Waals surface area (Å²) in [5.74, 6) is -0.625. The van der Waals surface area contributed by atoms with Crippen molar-refractivity contribution in [2.75, 3.05) is 24.5 Å². The molecule has 0 spiro atoms. The number of halogens is 2. The number of rotatable bonds is 6. The second-order valence-electron chi connectivity index (χ2n) is 9.33. The van der Waals surface area contributed by atoms with Crippen molar-refractivity contribution in [3.05, 3.63) is 77.9 Å². The molecule has 3 aromatic carbocycles. The Morgan fingerprint density at radius 1 is 1.25 bits per heavy atom. The third kappa shape index (κ3) is 4.77. The summed E-state index contributed by atoms with van der Waals surface area (Å²) in [6.07, 6.45) is 3.24. The number of anilines is 1. The minimum absolute atomic E-state index is 0.0337. The first-order chi connectivity index (χ1) is 19.2. The van der Waals surface area contributed by atoms with Crippen LogP contribution in [0.3, 0.4) is 0 Å². The van der Waals surface area contributed by atoms with Crippen LogP contribution in [0, 0.1) is 11.2 Å². The average molecular weight is 561 g/mol. The van der Waals surface area contributed by atoms with E-state index in [1.54, 1.807) is 17.0 Å². The number of aromatic nitrogens is 2. The monoisotopic (exact) mass is 560 g/mol. The van der Waals surface area contributed by atoms with Crippen LogP contribution in [0.4, 0.5) is 10.2 Å². The van der Waals surface area contributed by atoms with Crippen molar-refractivity contribution in [2.24, 2.45) is 5.73 Å². The van der Waals surface area contributed by atoms with Crippen LogP contribution >= 0.6 is 11.6 Å². The number of benzene rings is 3. The van der Waals surface area contributed by atoms with Crippen LogP contribution in [0.25, 0.3) is 32.8 Å². The summed E-state index contributed by atoms with van der Waals surface area (Å²) in [4.78, 5) is 24.8. The number of hydrogen-bond donors (Lipinski definition) is 3. The number of phenolic OH excluding ortho intramolecular Hbond substituents is 1. The topological polar surface area (TPSA) is 129 Å². The van der Waals surface area contributed by atoms with E-state index in [4.69, 9.17) is 27.5 Å². The molecule has 5 rings (SSSR count). The quantitative estimate of drug-likeness (QED) is 0.172.